The minimum atomic E-state index is -3.02. The maximum atomic E-state index is 11.4. The van der Waals surface area contributed by atoms with Crippen LogP contribution in [0.2, 0.25) is 0 Å². The van der Waals surface area contributed by atoms with Crippen LogP contribution in [0.15, 0.2) is 0 Å². The zero-order valence-corrected chi connectivity index (χ0v) is 9.90. The maximum Gasteiger partial charge on any atom is 0.239 e. The average Bonchev–Trinajstić information content (AvgIpc) is 2.29. The van der Waals surface area contributed by atoms with Crippen LogP contribution < -0.4 is 0 Å². The first-order chi connectivity index (χ1) is 8.09. The SMILES string of the molecule is CC(=O)C(O)(C(C)=O)[C@]1(O)OC[C@@H](O)[C@@H](O)[C@@H]1O. The van der Waals surface area contributed by atoms with Gasteiger partial charge in [-0.15, -0.1) is 0 Å². The summed E-state index contributed by atoms with van der Waals surface area (Å²) in [7, 11) is 0. The fraction of sp³-hybridized carbons (Fsp3) is 0.800. The molecule has 0 spiro atoms. The number of carbonyl (C=O) groups is 2. The van der Waals surface area contributed by atoms with Gasteiger partial charge >= 0.3 is 0 Å². The average molecular weight is 264 g/mol. The van der Waals surface area contributed by atoms with Gasteiger partial charge in [-0.1, -0.05) is 0 Å². The summed E-state index contributed by atoms with van der Waals surface area (Å²) in [5.74, 6) is -5.32. The van der Waals surface area contributed by atoms with Gasteiger partial charge in [0.15, 0.2) is 11.6 Å². The lowest BCUT2D eigenvalue weighted by atomic mass is 9.78. The summed E-state index contributed by atoms with van der Waals surface area (Å²) in [6.07, 6.45) is -5.60. The number of carbonyl (C=O) groups excluding carboxylic acids is 2. The van der Waals surface area contributed by atoms with Gasteiger partial charge in [-0.25, -0.2) is 0 Å². The summed E-state index contributed by atoms with van der Waals surface area (Å²) in [5, 5.41) is 48.4. The molecule has 0 aromatic rings. The van der Waals surface area contributed by atoms with E-state index < -0.39 is 47.9 Å². The van der Waals surface area contributed by atoms with Crippen molar-refractivity contribution in [3.05, 3.63) is 0 Å². The molecule has 0 aromatic heterocycles. The van der Waals surface area contributed by atoms with Crippen LogP contribution in [0, 0.1) is 0 Å². The van der Waals surface area contributed by atoms with Crippen molar-refractivity contribution >= 4 is 11.6 Å². The van der Waals surface area contributed by atoms with E-state index in [0.29, 0.717) is 0 Å². The normalized spacial score (nSPS) is 37.4. The van der Waals surface area contributed by atoms with Crippen molar-refractivity contribution in [3.8, 4) is 0 Å². The van der Waals surface area contributed by atoms with Gasteiger partial charge in [0.25, 0.3) is 0 Å². The molecule has 8 nitrogen and oxygen atoms in total. The zero-order valence-electron chi connectivity index (χ0n) is 9.90. The predicted molar refractivity (Wildman–Crippen MR) is 55.2 cm³/mol. The molecule has 0 bridgehead atoms. The van der Waals surface area contributed by atoms with Crippen LogP contribution >= 0.6 is 0 Å². The molecule has 0 saturated carbocycles. The highest BCUT2D eigenvalue weighted by Crippen LogP contribution is 2.35. The Balaban J connectivity index is 3.27. The van der Waals surface area contributed by atoms with Crippen LogP contribution in [-0.2, 0) is 14.3 Å². The molecule has 0 aliphatic carbocycles. The first kappa shape index (κ1) is 15.2. The number of ether oxygens (including phenoxy) is 1. The van der Waals surface area contributed by atoms with Crippen molar-refractivity contribution in [2.24, 2.45) is 0 Å². The summed E-state index contributed by atoms with van der Waals surface area (Å²) < 4.78 is 4.65. The summed E-state index contributed by atoms with van der Waals surface area (Å²) >= 11 is 0. The van der Waals surface area contributed by atoms with Gasteiger partial charge in [0, 0.05) is 0 Å². The van der Waals surface area contributed by atoms with Crippen molar-refractivity contribution in [2.75, 3.05) is 6.61 Å². The second kappa shape index (κ2) is 4.65. The van der Waals surface area contributed by atoms with Crippen LogP contribution in [-0.4, -0.2) is 73.4 Å². The van der Waals surface area contributed by atoms with E-state index in [-0.39, 0.29) is 0 Å². The Morgan fingerprint density at radius 3 is 2.06 bits per heavy atom. The molecule has 4 atom stereocenters. The third-order valence-electron chi connectivity index (χ3n) is 3.13. The molecule has 104 valence electrons. The largest absolute Gasteiger partial charge is 0.388 e. The molecule has 5 N–H and O–H groups in total. The smallest absolute Gasteiger partial charge is 0.239 e. The fourth-order valence-corrected chi connectivity index (χ4v) is 1.91. The van der Waals surface area contributed by atoms with Gasteiger partial charge in [0.1, 0.15) is 18.3 Å². The number of Topliss-reactive ketones (excluding diaryl/α,β-unsaturated/α-hetero) is 2. The molecule has 8 heteroatoms. The molecular weight excluding hydrogens is 248 g/mol. The Morgan fingerprint density at radius 1 is 1.22 bits per heavy atom. The number of aliphatic hydroxyl groups is 5. The van der Waals surface area contributed by atoms with Crippen molar-refractivity contribution < 1.29 is 39.9 Å². The van der Waals surface area contributed by atoms with Crippen molar-refractivity contribution in [1.29, 1.82) is 0 Å². The lowest BCUT2D eigenvalue weighted by Crippen LogP contribution is -2.75. The monoisotopic (exact) mass is 264 g/mol. The van der Waals surface area contributed by atoms with Gasteiger partial charge < -0.3 is 30.3 Å². The fourth-order valence-electron chi connectivity index (χ4n) is 1.91. The third kappa shape index (κ3) is 1.87. The minimum Gasteiger partial charge on any atom is -0.388 e. The molecular formula is C10H16O8. The third-order valence-corrected chi connectivity index (χ3v) is 3.13. The molecule has 1 aliphatic heterocycles. The van der Waals surface area contributed by atoms with E-state index in [0.717, 1.165) is 13.8 Å². The van der Waals surface area contributed by atoms with Gasteiger partial charge in [-0.05, 0) is 13.8 Å². The highest BCUT2D eigenvalue weighted by molar-refractivity contribution is 6.09. The van der Waals surface area contributed by atoms with Gasteiger partial charge in [-0.3, -0.25) is 9.59 Å². The van der Waals surface area contributed by atoms with Crippen LogP contribution in [0.1, 0.15) is 13.8 Å². The molecule has 1 rings (SSSR count). The molecule has 0 amide bonds. The summed E-state index contributed by atoms with van der Waals surface area (Å²) in [6, 6.07) is 0. The summed E-state index contributed by atoms with van der Waals surface area (Å²) in [5.41, 5.74) is -3.02. The summed E-state index contributed by atoms with van der Waals surface area (Å²) in [6.45, 7) is 0.997. The van der Waals surface area contributed by atoms with Crippen molar-refractivity contribution in [2.45, 2.75) is 43.5 Å². The number of ketones is 2. The number of hydrogen-bond donors (Lipinski definition) is 5. The van der Waals surface area contributed by atoms with E-state index in [2.05, 4.69) is 4.74 Å². The van der Waals surface area contributed by atoms with Gasteiger partial charge in [-0.2, -0.15) is 0 Å². The van der Waals surface area contributed by atoms with E-state index in [9.17, 15) is 35.1 Å². The number of rotatable bonds is 3. The molecule has 0 aromatic carbocycles. The molecule has 1 aliphatic rings. The number of hydrogen-bond acceptors (Lipinski definition) is 8. The Hall–Kier alpha value is -0.900. The molecule has 18 heavy (non-hydrogen) atoms. The molecule has 1 heterocycles. The first-order valence-corrected chi connectivity index (χ1v) is 5.24. The lowest BCUT2D eigenvalue weighted by Gasteiger charge is -2.47. The first-order valence-electron chi connectivity index (χ1n) is 5.24. The van der Waals surface area contributed by atoms with Crippen LogP contribution in [0.5, 0.6) is 0 Å². The zero-order chi connectivity index (χ0) is 14.3. The predicted octanol–water partition coefficient (Wildman–Crippen LogP) is -3.30. The Kier molecular flexibility index (Phi) is 3.92. The van der Waals surface area contributed by atoms with Gasteiger partial charge in [0.2, 0.25) is 11.4 Å². The highest BCUT2D eigenvalue weighted by atomic mass is 16.7. The number of aliphatic hydroxyl groups excluding tert-OH is 3. The van der Waals surface area contributed by atoms with Crippen LogP contribution in [0.3, 0.4) is 0 Å². The lowest BCUT2D eigenvalue weighted by molar-refractivity contribution is -0.361. The highest BCUT2D eigenvalue weighted by Gasteiger charge is 2.65. The van der Waals surface area contributed by atoms with Crippen molar-refractivity contribution in [1.82, 2.24) is 0 Å². The van der Waals surface area contributed by atoms with Gasteiger partial charge in [0.05, 0.1) is 6.61 Å². The second-order valence-electron chi connectivity index (χ2n) is 4.33. The van der Waals surface area contributed by atoms with E-state index in [4.69, 9.17) is 0 Å². The Bertz CT molecular complexity index is 353. The Morgan fingerprint density at radius 2 is 1.67 bits per heavy atom. The van der Waals surface area contributed by atoms with E-state index in [1.165, 1.54) is 0 Å². The van der Waals surface area contributed by atoms with E-state index in [1.807, 2.05) is 0 Å². The molecule has 0 radical (unpaired) electrons. The van der Waals surface area contributed by atoms with Crippen molar-refractivity contribution in [3.63, 3.8) is 0 Å². The minimum absolute atomic E-state index is 0.655. The Labute approximate surface area is 102 Å². The standard InChI is InChI=1S/C10H16O8/c1-4(11)9(16,5(2)12)10(17)8(15)7(14)6(13)3-18-10/h6-8,13-17H,3H2,1-2H3/t6-,7-,8+,10-/m1/s1. The van der Waals surface area contributed by atoms with Crippen LogP contribution in [0.25, 0.3) is 0 Å². The topological polar surface area (TPSA) is 145 Å². The molecule has 1 saturated heterocycles. The second-order valence-corrected chi connectivity index (χ2v) is 4.33. The van der Waals surface area contributed by atoms with E-state index >= 15 is 0 Å². The van der Waals surface area contributed by atoms with E-state index in [1.54, 1.807) is 0 Å². The molecule has 0 unspecified atom stereocenters. The molecule has 1 fully saturated rings. The van der Waals surface area contributed by atoms with Crippen LogP contribution in [0.4, 0.5) is 0 Å². The maximum absolute atomic E-state index is 11.4. The quantitative estimate of drug-likeness (QED) is 0.333. The summed E-state index contributed by atoms with van der Waals surface area (Å²) in [4.78, 5) is 22.8.